The van der Waals surface area contributed by atoms with E-state index >= 15 is 0 Å². The summed E-state index contributed by atoms with van der Waals surface area (Å²) in [5, 5.41) is 2.97. The van der Waals surface area contributed by atoms with Gasteiger partial charge >= 0.3 is 0 Å². The Balaban J connectivity index is 1.37. The van der Waals surface area contributed by atoms with Crippen LogP contribution in [-0.4, -0.2) is 25.3 Å². The fourth-order valence-electron chi connectivity index (χ4n) is 4.65. The van der Waals surface area contributed by atoms with Gasteiger partial charge in [-0.25, -0.2) is 0 Å². The molecule has 0 heterocycles. The van der Waals surface area contributed by atoms with Crippen LogP contribution in [0.15, 0.2) is 91.0 Å². The second-order valence-electron chi connectivity index (χ2n) is 10.0. The third kappa shape index (κ3) is 8.53. The second kappa shape index (κ2) is 15.4. The average molecular weight is 551 g/mol. The van der Waals surface area contributed by atoms with Crippen LogP contribution >= 0.6 is 0 Å². The first-order valence-corrected chi connectivity index (χ1v) is 14.1. The van der Waals surface area contributed by atoms with Gasteiger partial charge in [-0.15, -0.1) is 0 Å². The molecule has 0 aliphatic rings. The molecule has 6 heteroatoms. The van der Waals surface area contributed by atoms with Gasteiger partial charge in [-0.3, -0.25) is 9.59 Å². The minimum absolute atomic E-state index is 0.110. The van der Waals surface area contributed by atoms with E-state index in [1.54, 1.807) is 24.3 Å². The first kappa shape index (κ1) is 29.6. The molecule has 212 valence electrons. The molecule has 0 atom stereocenters. The van der Waals surface area contributed by atoms with E-state index in [1.165, 1.54) is 5.56 Å². The van der Waals surface area contributed by atoms with E-state index in [1.807, 2.05) is 42.5 Å². The van der Waals surface area contributed by atoms with Crippen molar-refractivity contribution in [2.45, 2.75) is 45.8 Å². The molecule has 4 aromatic rings. The van der Waals surface area contributed by atoms with E-state index in [2.05, 4.69) is 36.5 Å². The summed E-state index contributed by atoms with van der Waals surface area (Å²) in [7, 11) is 0. The lowest BCUT2D eigenvalue weighted by atomic mass is 9.97. The second-order valence-corrected chi connectivity index (χ2v) is 10.0. The van der Waals surface area contributed by atoms with Crippen LogP contribution in [0, 0.1) is 6.92 Å². The molecular weight excluding hydrogens is 512 g/mol. The zero-order valence-corrected chi connectivity index (χ0v) is 23.6. The lowest BCUT2D eigenvalue weighted by Crippen LogP contribution is -2.24. The molecule has 0 bridgehead atoms. The van der Waals surface area contributed by atoms with E-state index < -0.39 is 0 Å². The molecule has 0 fully saturated rings. The molecule has 0 aliphatic carbocycles. The molecule has 0 unspecified atom stereocenters. The molecule has 0 spiro atoms. The number of hydrogen-bond donors (Lipinski definition) is 2. The van der Waals surface area contributed by atoms with Gasteiger partial charge in [0.2, 0.25) is 0 Å². The first-order valence-electron chi connectivity index (χ1n) is 14.1. The summed E-state index contributed by atoms with van der Waals surface area (Å²) < 4.78 is 12.1. The van der Waals surface area contributed by atoms with Crippen molar-refractivity contribution >= 4 is 12.2 Å². The molecule has 0 radical (unpaired) electrons. The Bertz CT molecular complexity index is 1440. The largest absolute Gasteiger partial charge is 0.489 e. The van der Waals surface area contributed by atoms with Gasteiger partial charge in [0, 0.05) is 18.2 Å². The Labute approximate surface area is 242 Å². The third-order valence-corrected chi connectivity index (χ3v) is 7.04. The van der Waals surface area contributed by atoms with Crippen LogP contribution in [0.1, 0.15) is 63.1 Å². The highest BCUT2D eigenvalue weighted by Gasteiger charge is 2.11. The Kier molecular flexibility index (Phi) is 11.1. The molecule has 3 N–H and O–H groups in total. The van der Waals surface area contributed by atoms with Crippen LogP contribution in [0.4, 0.5) is 0 Å². The Hall–Kier alpha value is -4.42. The van der Waals surface area contributed by atoms with Crippen LogP contribution in [0.25, 0.3) is 11.1 Å². The number of hydrogen-bond acceptors (Lipinski definition) is 5. The van der Waals surface area contributed by atoms with Crippen molar-refractivity contribution in [3.05, 3.63) is 119 Å². The van der Waals surface area contributed by atoms with E-state index in [4.69, 9.17) is 15.2 Å². The highest BCUT2D eigenvalue weighted by molar-refractivity contribution is 5.94. The topological polar surface area (TPSA) is 90.6 Å². The smallest absolute Gasteiger partial charge is 0.251 e. The van der Waals surface area contributed by atoms with Gasteiger partial charge in [0.1, 0.15) is 24.7 Å². The summed E-state index contributed by atoms with van der Waals surface area (Å²) in [6, 6.07) is 29.0. The highest BCUT2D eigenvalue weighted by atomic mass is 16.5. The minimum Gasteiger partial charge on any atom is -0.489 e. The van der Waals surface area contributed by atoms with Gasteiger partial charge in [0.25, 0.3) is 5.91 Å². The molecule has 0 saturated carbocycles. The fraction of sp³-hybridized carbons (Fsp3) is 0.257. The monoisotopic (exact) mass is 550 g/mol. The fourth-order valence-corrected chi connectivity index (χ4v) is 4.65. The molecule has 1 amide bonds. The molecule has 6 nitrogen and oxygen atoms in total. The Morgan fingerprint density at radius 3 is 2.44 bits per heavy atom. The van der Waals surface area contributed by atoms with Gasteiger partial charge in [-0.05, 0) is 78.4 Å². The highest BCUT2D eigenvalue weighted by Crippen LogP contribution is 2.28. The van der Waals surface area contributed by atoms with Crippen LogP contribution in [0.5, 0.6) is 11.5 Å². The summed E-state index contributed by atoms with van der Waals surface area (Å²) in [6.07, 6.45) is 4.84. The van der Waals surface area contributed by atoms with Crippen molar-refractivity contribution in [1.29, 1.82) is 0 Å². The minimum atomic E-state index is -0.110. The summed E-state index contributed by atoms with van der Waals surface area (Å²) in [5.74, 6) is 0.926. The van der Waals surface area contributed by atoms with Crippen molar-refractivity contribution in [3.8, 4) is 22.6 Å². The molecular formula is C35H38N2O4. The number of carbonyl (C=O) groups is 2. The lowest BCUT2D eigenvalue weighted by Gasteiger charge is -2.14. The Morgan fingerprint density at radius 2 is 1.63 bits per heavy atom. The van der Waals surface area contributed by atoms with Crippen molar-refractivity contribution in [2.75, 3.05) is 13.1 Å². The number of nitrogens with one attached hydrogen (secondary N) is 1. The van der Waals surface area contributed by atoms with Crippen molar-refractivity contribution in [3.63, 3.8) is 0 Å². The molecule has 0 aromatic heterocycles. The molecule has 41 heavy (non-hydrogen) atoms. The van der Waals surface area contributed by atoms with Gasteiger partial charge in [-0.1, -0.05) is 73.5 Å². The van der Waals surface area contributed by atoms with Crippen LogP contribution < -0.4 is 20.5 Å². The third-order valence-electron chi connectivity index (χ3n) is 7.04. The van der Waals surface area contributed by atoms with Crippen LogP contribution in [0.3, 0.4) is 0 Å². The van der Waals surface area contributed by atoms with Crippen LogP contribution in [-0.2, 0) is 13.2 Å². The summed E-state index contributed by atoms with van der Waals surface area (Å²) in [6.45, 7) is 4.04. The zero-order valence-electron chi connectivity index (χ0n) is 23.6. The summed E-state index contributed by atoms with van der Waals surface area (Å²) >= 11 is 0. The van der Waals surface area contributed by atoms with Crippen molar-refractivity contribution in [2.24, 2.45) is 5.73 Å². The van der Waals surface area contributed by atoms with Crippen molar-refractivity contribution in [1.82, 2.24) is 5.32 Å². The quantitative estimate of drug-likeness (QED) is 0.124. The number of ether oxygens (including phenoxy) is 2. The summed E-state index contributed by atoms with van der Waals surface area (Å²) in [5.41, 5.74) is 11.9. The summed E-state index contributed by atoms with van der Waals surface area (Å²) in [4.78, 5) is 24.3. The number of amides is 1. The van der Waals surface area contributed by atoms with Crippen LogP contribution in [0.2, 0.25) is 0 Å². The SMILES string of the molecule is Cc1c(COc2ccc(C=O)c(OCc3cccc(C(=O)NCCCCCCN)c3)c2)cccc1-c1ccccc1. The molecule has 0 saturated heterocycles. The normalized spacial score (nSPS) is 10.7. The number of aldehydes is 1. The standard InChI is InChI=1S/C35H38N2O4/c1-26-31(15-10-16-33(26)28-12-5-4-6-13-28)25-40-32-18-17-30(23-38)34(22-32)41-24-27-11-9-14-29(21-27)35(39)37-20-8-3-2-7-19-36/h4-6,9-18,21-23H,2-3,7-8,19-20,24-25,36H2,1H3,(H,37,39). The first-order chi connectivity index (χ1) is 20.1. The van der Waals surface area contributed by atoms with E-state index in [0.717, 1.165) is 54.2 Å². The Morgan fingerprint density at radius 1 is 0.829 bits per heavy atom. The number of benzene rings is 4. The molecule has 4 rings (SSSR count). The zero-order chi connectivity index (χ0) is 28.9. The number of rotatable bonds is 15. The molecule has 0 aliphatic heterocycles. The van der Waals surface area contributed by atoms with Crippen molar-refractivity contribution < 1.29 is 19.1 Å². The van der Waals surface area contributed by atoms with E-state index in [9.17, 15) is 9.59 Å². The predicted octanol–water partition coefficient (Wildman–Crippen LogP) is 6.88. The number of nitrogens with two attached hydrogens (primary N) is 1. The maximum Gasteiger partial charge on any atom is 0.251 e. The number of carbonyl (C=O) groups excluding carboxylic acids is 2. The lowest BCUT2D eigenvalue weighted by molar-refractivity contribution is 0.0952. The number of unbranched alkanes of at least 4 members (excludes halogenated alkanes) is 3. The molecule has 4 aromatic carbocycles. The average Bonchev–Trinajstić information content (AvgIpc) is 3.01. The van der Waals surface area contributed by atoms with Gasteiger partial charge in [0.15, 0.2) is 6.29 Å². The van der Waals surface area contributed by atoms with Gasteiger partial charge in [-0.2, -0.15) is 0 Å². The maximum absolute atomic E-state index is 12.6. The van der Waals surface area contributed by atoms with E-state index in [0.29, 0.717) is 42.3 Å². The maximum atomic E-state index is 12.6. The van der Waals surface area contributed by atoms with Gasteiger partial charge < -0.3 is 20.5 Å². The van der Waals surface area contributed by atoms with E-state index in [-0.39, 0.29) is 12.5 Å². The van der Waals surface area contributed by atoms with Gasteiger partial charge in [0.05, 0.1) is 5.56 Å². The predicted molar refractivity (Wildman–Crippen MR) is 163 cm³/mol.